The van der Waals surface area contributed by atoms with Crippen molar-refractivity contribution >= 4 is 21.5 Å². The zero-order chi connectivity index (χ0) is 19.8. The van der Waals surface area contributed by atoms with E-state index in [1.54, 1.807) is 0 Å². The van der Waals surface area contributed by atoms with Crippen molar-refractivity contribution in [3.63, 3.8) is 0 Å². The molecule has 29 heavy (non-hydrogen) atoms. The third-order valence-corrected chi connectivity index (χ3v) is 5.84. The molecule has 0 saturated carbocycles. The first-order chi connectivity index (χ1) is 14.2. The highest BCUT2D eigenvalue weighted by Gasteiger charge is 2.11. The van der Waals surface area contributed by atoms with Crippen LogP contribution in [-0.4, -0.2) is 0 Å². The fourth-order valence-corrected chi connectivity index (χ4v) is 4.29. The summed E-state index contributed by atoms with van der Waals surface area (Å²) in [4.78, 5) is 0. The normalized spacial score (nSPS) is 11.4. The first-order valence-corrected chi connectivity index (χ1v) is 10.3. The third kappa shape index (κ3) is 3.21. The quantitative estimate of drug-likeness (QED) is 0.298. The lowest BCUT2D eigenvalue weighted by Crippen LogP contribution is -1.93. The second kappa shape index (κ2) is 7.22. The van der Waals surface area contributed by atoms with Gasteiger partial charge in [-0.05, 0) is 61.3 Å². The second-order valence-electron chi connectivity index (χ2n) is 8.05. The van der Waals surface area contributed by atoms with Crippen LogP contribution in [0.4, 0.5) is 0 Å². The van der Waals surface area contributed by atoms with Gasteiger partial charge >= 0.3 is 0 Å². The van der Waals surface area contributed by atoms with E-state index in [4.69, 9.17) is 0 Å². The minimum atomic E-state index is 0.479. The molecule has 0 aliphatic carbocycles. The molecule has 5 rings (SSSR count). The number of rotatable bonds is 3. The van der Waals surface area contributed by atoms with Gasteiger partial charge in [0.25, 0.3) is 0 Å². The minimum absolute atomic E-state index is 0.479. The Bertz CT molecular complexity index is 1300. The van der Waals surface area contributed by atoms with Gasteiger partial charge in [-0.3, -0.25) is 0 Å². The molecule has 140 valence electrons. The molecule has 0 aliphatic heterocycles. The Morgan fingerprint density at radius 2 is 1.03 bits per heavy atom. The largest absolute Gasteiger partial charge is 0.0616 e. The molecular weight excluding hydrogens is 348 g/mol. The number of fused-ring (bicyclic) bond motifs is 2. The van der Waals surface area contributed by atoms with Crippen molar-refractivity contribution < 1.29 is 0 Å². The van der Waals surface area contributed by atoms with Crippen LogP contribution >= 0.6 is 0 Å². The van der Waals surface area contributed by atoms with Crippen molar-refractivity contribution in [2.45, 2.75) is 19.8 Å². The summed E-state index contributed by atoms with van der Waals surface area (Å²) < 4.78 is 0. The van der Waals surface area contributed by atoms with Gasteiger partial charge in [-0.2, -0.15) is 0 Å². The molecule has 0 saturated heterocycles. The summed E-state index contributed by atoms with van der Waals surface area (Å²) in [5.74, 6) is 0.479. The van der Waals surface area contributed by atoms with Crippen LogP contribution in [0, 0.1) is 0 Å². The predicted molar refractivity (Wildman–Crippen MR) is 126 cm³/mol. The smallest absolute Gasteiger partial charge is 0.0105 e. The fourth-order valence-electron chi connectivity index (χ4n) is 4.29. The molecule has 0 spiro atoms. The van der Waals surface area contributed by atoms with Crippen molar-refractivity contribution in [1.29, 1.82) is 0 Å². The monoisotopic (exact) mass is 372 g/mol. The summed E-state index contributed by atoms with van der Waals surface area (Å²) in [7, 11) is 0. The van der Waals surface area contributed by atoms with Crippen LogP contribution in [-0.2, 0) is 0 Å². The molecule has 0 radical (unpaired) electrons. The number of benzene rings is 5. The second-order valence-corrected chi connectivity index (χ2v) is 8.05. The SMILES string of the molecule is CC(C)c1cc2ccccc2cc1-c1ccc(-c2cccc3ccccc23)cc1. The summed E-state index contributed by atoms with van der Waals surface area (Å²) in [6, 6.07) is 37.5. The van der Waals surface area contributed by atoms with Crippen molar-refractivity contribution in [3.05, 3.63) is 109 Å². The lowest BCUT2D eigenvalue weighted by atomic mass is 9.89. The van der Waals surface area contributed by atoms with Gasteiger partial charge in [-0.15, -0.1) is 0 Å². The zero-order valence-electron chi connectivity index (χ0n) is 16.9. The van der Waals surface area contributed by atoms with Crippen LogP contribution in [0.15, 0.2) is 103 Å². The van der Waals surface area contributed by atoms with Gasteiger partial charge in [0.15, 0.2) is 0 Å². The maximum Gasteiger partial charge on any atom is -0.0105 e. The van der Waals surface area contributed by atoms with Gasteiger partial charge in [0.05, 0.1) is 0 Å². The lowest BCUT2D eigenvalue weighted by molar-refractivity contribution is 0.871. The third-order valence-electron chi connectivity index (χ3n) is 5.84. The van der Waals surface area contributed by atoms with Crippen LogP contribution in [0.3, 0.4) is 0 Å². The Balaban J connectivity index is 1.63. The molecule has 0 N–H and O–H groups in total. The van der Waals surface area contributed by atoms with Gasteiger partial charge in [0, 0.05) is 0 Å². The summed E-state index contributed by atoms with van der Waals surface area (Å²) in [5, 5.41) is 5.19. The topological polar surface area (TPSA) is 0 Å². The van der Waals surface area contributed by atoms with E-state index in [-0.39, 0.29) is 0 Å². The average molecular weight is 373 g/mol. The Morgan fingerprint density at radius 1 is 0.483 bits per heavy atom. The Labute approximate surface area is 172 Å². The van der Waals surface area contributed by atoms with Crippen molar-refractivity contribution in [2.24, 2.45) is 0 Å². The highest BCUT2D eigenvalue weighted by molar-refractivity contribution is 5.97. The highest BCUT2D eigenvalue weighted by atomic mass is 14.2. The van der Waals surface area contributed by atoms with Crippen LogP contribution in [0.1, 0.15) is 25.3 Å². The van der Waals surface area contributed by atoms with Gasteiger partial charge in [-0.25, -0.2) is 0 Å². The first kappa shape index (κ1) is 17.7. The molecule has 5 aromatic carbocycles. The molecule has 0 atom stereocenters. The molecule has 0 amide bonds. The van der Waals surface area contributed by atoms with E-state index in [1.807, 2.05) is 0 Å². The van der Waals surface area contributed by atoms with E-state index in [0.717, 1.165) is 0 Å². The Hall–Kier alpha value is -3.38. The summed E-state index contributed by atoms with van der Waals surface area (Å²) >= 11 is 0. The lowest BCUT2D eigenvalue weighted by Gasteiger charge is -2.16. The van der Waals surface area contributed by atoms with Crippen molar-refractivity contribution in [3.8, 4) is 22.3 Å². The molecule has 0 bridgehead atoms. The van der Waals surface area contributed by atoms with Crippen LogP contribution in [0.2, 0.25) is 0 Å². The highest BCUT2D eigenvalue weighted by Crippen LogP contribution is 2.35. The van der Waals surface area contributed by atoms with E-state index in [9.17, 15) is 0 Å². The first-order valence-electron chi connectivity index (χ1n) is 10.3. The minimum Gasteiger partial charge on any atom is -0.0616 e. The predicted octanol–water partition coefficient (Wildman–Crippen LogP) is 8.45. The van der Waals surface area contributed by atoms with Gasteiger partial charge in [0.2, 0.25) is 0 Å². The zero-order valence-corrected chi connectivity index (χ0v) is 16.9. The van der Waals surface area contributed by atoms with Gasteiger partial charge < -0.3 is 0 Å². The molecule has 0 nitrogen and oxygen atoms in total. The molecule has 5 aromatic rings. The maximum atomic E-state index is 2.36. The van der Waals surface area contributed by atoms with E-state index in [1.165, 1.54) is 49.4 Å². The molecule has 0 heteroatoms. The average Bonchev–Trinajstić information content (AvgIpc) is 2.78. The molecule has 0 aliphatic rings. The molecule has 0 fully saturated rings. The van der Waals surface area contributed by atoms with E-state index in [0.29, 0.717) is 5.92 Å². The summed E-state index contributed by atoms with van der Waals surface area (Å²) in [6.07, 6.45) is 0. The van der Waals surface area contributed by atoms with Crippen molar-refractivity contribution in [1.82, 2.24) is 0 Å². The van der Waals surface area contributed by atoms with Crippen LogP contribution in [0.25, 0.3) is 43.8 Å². The van der Waals surface area contributed by atoms with E-state index < -0.39 is 0 Å². The van der Waals surface area contributed by atoms with E-state index in [2.05, 4.69) is 117 Å². The summed E-state index contributed by atoms with van der Waals surface area (Å²) in [5.41, 5.74) is 6.57. The van der Waals surface area contributed by atoms with Crippen molar-refractivity contribution in [2.75, 3.05) is 0 Å². The molecular formula is C29H24. The molecule has 0 aromatic heterocycles. The maximum absolute atomic E-state index is 2.36. The van der Waals surface area contributed by atoms with Crippen LogP contribution in [0.5, 0.6) is 0 Å². The Morgan fingerprint density at radius 3 is 1.72 bits per heavy atom. The van der Waals surface area contributed by atoms with Gasteiger partial charge in [-0.1, -0.05) is 111 Å². The van der Waals surface area contributed by atoms with Gasteiger partial charge in [0.1, 0.15) is 0 Å². The molecule has 0 heterocycles. The van der Waals surface area contributed by atoms with E-state index >= 15 is 0 Å². The Kier molecular flexibility index (Phi) is 4.41. The molecule has 0 unspecified atom stereocenters. The standard InChI is InChI=1S/C29H24/c1-20(2)28-18-24-9-3-4-10-25(24)19-29(28)23-16-14-22(15-17-23)27-13-7-11-21-8-5-6-12-26(21)27/h3-20H,1-2H3. The number of hydrogen-bond acceptors (Lipinski definition) is 0. The van der Waals surface area contributed by atoms with Crippen LogP contribution < -0.4 is 0 Å². The summed E-state index contributed by atoms with van der Waals surface area (Å²) in [6.45, 7) is 4.55. The fraction of sp³-hybridized carbons (Fsp3) is 0.103. The number of hydrogen-bond donors (Lipinski definition) is 0.